The van der Waals surface area contributed by atoms with Crippen LogP contribution in [0.25, 0.3) is 27.9 Å². The topological polar surface area (TPSA) is 79.8 Å². The molecular formula is C22H13FN6. The van der Waals surface area contributed by atoms with Crippen LogP contribution in [0.15, 0.2) is 67.1 Å². The molecule has 5 rings (SSSR count). The Bertz CT molecular complexity index is 1420. The molecular weight excluding hydrogens is 367 g/mol. The first-order chi connectivity index (χ1) is 14.2. The number of nitriles is 1. The van der Waals surface area contributed by atoms with Crippen molar-refractivity contribution in [2.45, 2.75) is 6.42 Å². The molecule has 0 spiro atoms. The molecule has 0 aliphatic heterocycles. The standard InChI is InChI=1S/C22H13FN6/c23-19-10-16(5-6-17(19)11-24)21-13-27-22-26-12-18(29(22)28-21)8-14-3-4-15-2-1-7-25-20(15)9-14/h1-7,9-10,12-13H,8H2. The van der Waals surface area contributed by atoms with Gasteiger partial charge in [-0.3, -0.25) is 4.98 Å². The van der Waals surface area contributed by atoms with Crippen molar-refractivity contribution >= 4 is 16.7 Å². The number of halogens is 1. The average molecular weight is 380 g/mol. The zero-order valence-corrected chi connectivity index (χ0v) is 15.1. The highest BCUT2D eigenvalue weighted by Crippen LogP contribution is 2.21. The summed E-state index contributed by atoms with van der Waals surface area (Å²) in [6.07, 6.45) is 5.66. The van der Waals surface area contributed by atoms with Gasteiger partial charge in [0.25, 0.3) is 5.78 Å². The molecule has 3 aromatic heterocycles. The van der Waals surface area contributed by atoms with Crippen molar-refractivity contribution in [2.24, 2.45) is 0 Å². The van der Waals surface area contributed by atoms with Gasteiger partial charge in [0.1, 0.15) is 17.6 Å². The van der Waals surface area contributed by atoms with E-state index in [1.54, 1.807) is 29.2 Å². The minimum absolute atomic E-state index is 0.00368. The third kappa shape index (κ3) is 3.07. The van der Waals surface area contributed by atoms with E-state index in [2.05, 4.69) is 26.1 Å². The zero-order chi connectivity index (χ0) is 19.8. The van der Waals surface area contributed by atoms with Gasteiger partial charge in [0.2, 0.25) is 0 Å². The zero-order valence-electron chi connectivity index (χ0n) is 15.1. The van der Waals surface area contributed by atoms with Crippen LogP contribution in [0.4, 0.5) is 4.39 Å². The molecule has 0 N–H and O–H groups in total. The third-order valence-electron chi connectivity index (χ3n) is 4.74. The minimum Gasteiger partial charge on any atom is -0.256 e. The summed E-state index contributed by atoms with van der Waals surface area (Å²) in [6.45, 7) is 0. The number of nitrogens with zero attached hydrogens (tertiary/aromatic N) is 6. The van der Waals surface area contributed by atoms with Crippen LogP contribution in [0.3, 0.4) is 0 Å². The Labute approximate surface area is 164 Å². The number of hydrogen-bond donors (Lipinski definition) is 0. The summed E-state index contributed by atoms with van der Waals surface area (Å²) in [6, 6.07) is 16.3. The fourth-order valence-corrected chi connectivity index (χ4v) is 3.27. The summed E-state index contributed by atoms with van der Waals surface area (Å²) in [7, 11) is 0. The number of fused-ring (bicyclic) bond motifs is 2. The van der Waals surface area contributed by atoms with Gasteiger partial charge in [-0.25, -0.2) is 18.9 Å². The number of aromatic nitrogens is 5. The third-order valence-corrected chi connectivity index (χ3v) is 4.74. The number of benzene rings is 2. The Balaban J connectivity index is 1.54. The van der Waals surface area contributed by atoms with E-state index >= 15 is 0 Å². The lowest BCUT2D eigenvalue weighted by Crippen LogP contribution is -2.02. The van der Waals surface area contributed by atoms with Crippen LogP contribution in [0.5, 0.6) is 0 Å². The van der Waals surface area contributed by atoms with E-state index in [9.17, 15) is 4.39 Å². The van der Waals surface area contributed by atoms with Gasteiger partial charge in [-0.1, -0.05) is 24.3 Å². The van der Waals surface area contributed by atoms with Crippen molar-refractivity contribution < 1.29 is 4.39 Å². The van der Waals surface area contributed by atoms with E-state index in [0.29, 0.717) is 23.5 Å². The summed E-state index contributed by atoms with van der Waals surface area (Å²) in [5, 5.41) is 14.6. The predicted molar refractivity (Wildman–Crippen MR) is 105 cm³/mol. The summed E-state index contributed by atoms with van der Waals surface area (Å²) in [4.78, 5) is 13.0. The quantitative estimate of drug-likeness (QED) is 0.474. The van der Waals surface area contributed by atoms with E-state index in [0.717, 1.165) is 22.2 Å². The molecule has 0 saturated carbocycles. The molecule has 6 nitrogen and oxygen atoms in total. The van der Waals surface area contributed by atoms with E-state index in [4.69, 9.17) is 5.26 Å². The maximum absolute atomic E-state index is 14.0. The molecule has 0 fully saturated rings. The lowest BCUT2D eigenvalue weighted by molar-refractivity contribution is 0.624. The molecule has 0 radical (unpaired) electrons. The van der Waals surface area contributed by atoms with Gasteiger partial charge in [-0.15, -0.1) is 0 Å². The Hall–Kier alpha value is -4.18. The molecule has 7 heteroatoms. The molecule has 2 aromatic carbocycles. The largest absolute Gasteiger partial charge is 0.256 e. The summed E-state index contributed by atoms with van der Waals surface area (Å²) >= 11 is 0. The van der Waals surface area contributed by atoms with E-state index in [-0.39, 0.29) is 5.56 Å². The normalized spacial score (nSPS) is 11.0. The molecule has 29 heavy (non-hydrogen) atoms. The first-order valence-corrected chi connectivity index (χ1v) is 8.94. The predicted octanol–water partition coefficient (Wildman–Crippen LogP) is 3.94. The summed E-state index contributed by atoms with van der Waals surface area (Å²) in [5.41, 5.74) is 3.91. The van der Waals surface area contributed by atoms with Crippen molar-refractivity contribution in [3.63, 3.8) is 0 Å². The molecule has 0 unspecified atom stereocenters. The Morgan fingerprint density at radius 2 is 1.90 bits per heavy atom. The highest BCUT2D eigenvalue weighted by Gasteiger charge is 2.11. The summed E-state index contributed by atoms with van der Waals surface area (Å²) in [5.74, 6) is -0.113. The van der Waals surface area contributed by atoms with Crippen molar-refractivity contribution in [2.75, 3.05) is 0 Å². The maximum Gasteiger partial charge on any atom is 0.250 e. The van der Waals surface area contributed by atoms with Gasteiger partial charge in [-0.2, -0.15) is 10.4 Å². The number of imidazole rings is 1. The van der Waals surface area contributed by atoms with Gasteiger partial charge in [0.05, 0.1) is 29.2 Å². The van der Waals surface area contributed by atoms with Crippen molar-refractivity contribution in [1.29, 1.82) is 5.26 Å². The minimum atomic E-state index is -0.582. The second-order valence-corrected chi connectivity index (χ2v) is 6.62. The lowest BCUT2D eigenvalue weighted by Gasteiger charge is -2.05. The van der Waals surface area contributed by atoms with Gasteiger partial charge < -0.3 is 0 Å². The Kier molecular flexibility index (Phi) is 3.96. The lowest BCUT2D eigenvalue weighted by atomic mass is 10.1. The van der Waals surface area contributed by atoms with Crippen molar-refractivity contribution in [3.8, 4) is 17.3 Å². The van der Waals surface area contributed by atoms with Crippen LogP contribution in [0.2, 0.25) is 0 Å². The number of hydrogen-bond acceptors (Lipinski definition) is 5. The molecule has 0 aliphatic carbocycles. The highest BCUT2D eigenvalue weighted by molar-refractivity contribution is 5.78. The average Bonchev–Trinajstić information content (AvgIpc) is 3.15. The van der Waals surface area contributed by atoms with Crippen LogP contribution < -0.4 is 0 Å². The second-order valence-electron chi connectivity index (χ2n) is 6.62. The molecule has 0 bridgehead atoms. The molecule has 3 heterocycles. The Morgan fingerprint density at radius 1 is 1.00 bits per heavy atom. The first kappa shape index (κ1) is 17.0. The van der Waals surface area contributed by atoms with E-state index in [1.165, 1.54) is 12.1 Å². The first-order valence-electron chi connectivity index (χ1n) is 8.94. The fourth-order valence-electron chi connectivity index (χ4n) is 3.27. The maximum atomic E-state index is 14.0. The van der Waals surface area contributed by atoms with E-state index < -0.39 is 5.82 Å². The van der Waals surface area contributed by atoms with Gasteiger partial charge >= 0.3 is 0 Å². The smallest absolute Gasteiger partial charge is 0.250 e. The van der Waals surface area contributed by atoms with Gasteiger partial charge in [0.15, 0.2) is 0 Å². The SMILES string of the molecule is N#Cc1ccc(-c2cnc3ncc(Cc4ccc5cccnc5c4)n3n2)cc1F. The molecule has 5 aromatic rings. The number of rotatable bonds is 3. The van der Waals surface area contributed by atoms with Crippen LogP contribution in [0, 0.1) is 17.1 Å². The highest BCUT2D eigenvalue weighted by atomic mass is 19.1. The molecule has 0 atom stereocenters. The second kappa shape index (κ2) is 6.77. The van der Waals surface area contributed by atoms with E-state index in [1.807, 2.05) is 30.3 Å². The molecule has 0 aliphatic rings. The summed E-state index contributed by atoms with van der Waals surface area (Å²) < 4.78 is 15.6. The van der Waals surface area contributed by atoms with Crippen molar-refractivity contribution in [1.82, 2.24) is 24.6 Å². The Morgan fingerprint density at radius 3 is 2.76 bits per heavy atom. The monoisotopic (exact) mass is 380 g/mol. The molecule has 138 valence electrons. The molecule has 0 amide bonds. The van der Waals surface area contributed by atoms with Crippen LogP contribution in [-0.2, 0) is 6.42 Å². The fraction of sp³-hybridized carbons (Fsp3) is 0.0455. The van der Waals surface area contributed by atoms with Crippen LogP contribution in [-0.4, -0.2) is 24.6 Å². The molecule has 0 saturated heterocycles. The van der Waals surface area contributed by atoms with Crippen molar-refractivity contribution in [3.05, 3.63) is 89.8 Å². The number of pyridine rings is 1. The van der Waals surface area contributed by atoms with Gasteiger partial charge in [-0.05, 0) is 29.8 Å². The van der Waals surface area contributed by atoms with Gasteiger partial charge in [0, 0.05) is 23.6 Å². The van der Waals surface area contributed by atoms with Crippen LogP contribution >= 0.6 is 0 Å². The van der Waals surface area contributed by atoms with Crippen LogP contribution in [0.1, 0.15) is 16.8 Å².